The minimum absolute atomic E-state index is 0.613. The zero-order valence-corrected chi connectivity index (χ0v) is 12.4. The Morgan fingerprint density at radius 2 is 1.62 bits per heavy atom. The predicted octanol–water partition coefficient (Wildman–Crippen LogP) is 3.33. The molecule has 0 aliphatic rings. The minimum Gasteiger partial charge on any atom is -0.301 e. The lowest BCUT2D eigenvalue weighted by Crippen LogP contribution is -2.46. The molecule has 0 aromatic carbocycles. The summed E-state index contributed by atoms with van der Waals surface area (Å²) >= 11 is 0. The first-order valence-electron chi connectivity index (χ1n) is 6.83. The van der Waals surface area contributed by atoms with Gasteiger partial charge >= 0.3 is 0 Å². The molecule has 16 heavy (non-hydrogen) atoms. The fourth-order valence-electron chi connectivity index (χ4n) is 2.16. The van der Waals surface area contributed by atoms with Gasteiger partial charge in [-0.15, -0.1) is 0 Å². The molecule has 0 saturated carbocycles. The maximum absolute atomic E-state index is 3.71. The van der Waals surface area contributed by atoms with Crippen LogP contribution in [0.1, 0.15) is 54.4 Å². The molecule has 0 bridgehead atoms. The van der Waals surface area contributed by atoms with Crippen LogP contribution in [0.4, 0.5) is 0 Å². The normalized spacial score (nSPS) is 16.1. The third-order valence-electron chi connectivity index (χ3n) is 3.53. The van der Waals surface area contributed by atoms with E-state index in [1.165, 1.54) is 12.8 Å². The van der Waals surface area contributed by atoms with Gasteiger partial charge < -0.3 is 5.32 Å². The van der Waals surface area contributed by atoms with Gasteiger partial charge in [-0.05, 0) is 39.2 Å². The van der Waals surface area contributed by atoms with Gasteiger partial charge in [-0.3, -0.25) is 4.90 Å². The second-order valence-corrected chi connectivity index (χ2v) is 5.75. The van der Waals surface area contributed by atoms with Crippen LogP contribution in [-0.2, 0) is 0 Å². The van der Waals surface area contributed by atoms with Crippen molar-refractivity contribution < 1.29 is 0 Å². The van der Waals surface area contributed by atoms with Crippen molar-refractivity contribution in [2.75, 3.05) is 13.7 Å². The number of nitrogens with one attached hydrogen (secondary N) is 1. The summed E-state index contributed by atoms with van der Waals surface area (Å²) in [5.74, 6) is 1.48. The summed E-state index contributed by atoms with van der Waals surface area (Å²) in [4.78, 5) is 2.36. The molecule has 0 aromatic heterocycles. The van der Waals surface area contributed by atoms with Crippen molar-refractivity contribution in [2.45, 2.75) is 66.5 Å². The Bertz CT molecular complexity index is 166. The lowest BCUT2D eigenvalue weighted by atomic mass is 9.89. The number of hydrogen-bond acceptors (Lipinski definition) is 2. The van der Waals surface area contributed by atoms with Gasteiger partial charge in [0.1, 0.15) is 0 Å². The molecule has 2 atom stereocenters. The fraction of sp³-hybridized carbons (Fsp3) is 1.00. The molecule has 2 heteroatoms. The molecule has 2 nitrogen and oxygen atoms in total. The first-order chi connectivity index (χ1) is 7.40. The Balaban J connectivity index is 4.13. The van der Waals surface area contributed by atoms with E-state index in [2.05, 4.69) is 58.8 Å². The van der Waals surface area contributed by atoms with Crippen LogP contribution in [-0.4, -0.2) is 30.7 Å². The Morgan fingerprint density at radius 1 is 1.06 bits per heavy atom. The molecule has 0 fully saturated rings. The highest BCUT2D eigenvalue weighted by Gasteiger charge is 2.20. The van der Waals surface area contributed by atoms with E-state index in [0.717, 1.165) is 12.6 Å². The zero-order chi connectivity index (χ0) is 12.7. The second kappa shape index (κ2) is 8.08. The largest absolute Gasteiger partial charge is 0.301 e. The second-order valence-electron chi connectivity index (χ2n) is 5.75. The first-order valence-corrected chi connectivity index (χ1v) is 6.83. The van der Waals surface area contributed by atoms with E-state index in [9.17, 15) is 0 Å². The average molecular weight is 228 g/mol. The van der Waals surface area contributed by atoms with Gasteiger partial charge in [-0.1, -0.05) is 34.1 Å². The van der Waals surface area contributed by atoms with Crippen LogP contribution < -0.4 is 5.32 Å². The van der Waals surface area contributed by atoms with Crippen molar-refractivity contribution in [1.82, 2.24) is 10.2 Å². The van der Waals surface area contributed by atoms with E-state index in [-0.39, 0.29) is 0 Å². The van der Waals surface area contributed by atoms with E-state index in [0.29, 0.717) is 18.0 Å². The van der Waals surface area contributed by atoms with Crippen molar-refractivity contribution in [3.05, 3.63) is 0 Å². The highest BCUT2D eigenvalue weighted by molar-refractivity contribution is 4.76. The molecule has 1 N–H and O–H groups in total. The van der Waals surface area contributed by atoms with Crippen molar-refractivity contribution in [1.29, 1.82) is 0 Å². The van der Waals surface area contributed by atoms with Crippen LogP contribution in [0.5, 0.6) is 0 Å². The van der Waals surface area contributed by atoms with E-state index in [4.69, 9.17) is 0 Å². The van der Waals surface area contributed by atoms with Crippen LogP contribution in [0, 0.1) is 11.8 Å². The lowest BCUT2D eigenvalue weighted by molar-refractivity contribution is 0.197. The molecular formula is C14H32N2. The van der Waals surface area contributed by atoms with Gasteiger partial charge in [0.2, 0.25) is 0 Å². The van der Waals surface area contributed by atoms with E-state index in [1.54, 1.807) is 0 Å². The van der Waals surface area contributed by atoms with Crippen molar-refractivity contribution in [3.8, 4) is 0 Å². The average Bonchev–Trinajstić information content (AvgIpc) is 2.17. The Kier molecular flexibility index (Phi) is 8.04. The minimum atomic E-state index is 0.613. The molecule has 0 heterocycles. The number of hydrogen-bond donors (Lipinski definition) is 1. The molecule has 0 aromatic rings. The fourth-order valence-corrected chi connectivity index (χ4v) is 2.16. The zero-order valence-electron chi connectivity index (χ0n) is 12.4. The third kappa shape index (κ3) is 5.86. The summed E-state index contributed by atoms with van der Waals surface area (Å²) in [6.07, 6.45) is 2.60. The van der Waals surface area contributed by atoms with Crippen molar-refractivity contribution >= 4 is 0 Å². The molecule has 2 unspecified atom stereocenters. The van der Waals surface area contributed by atoms with E-state index >= 15 is 0 Å². The third-order valence-corrected chi connectivity index (χ3v) is 3.53. The summed E-state index contributed by atoms with van der Waals surface area (Å²) in [6, 6.07) is 1.25. The van der Waals surface area contributed by atoms with Crippen LogP contribution in [0.25, 0.3) is 0 Å². The summed E-state index contributed by atoms with van der Waals surface area (Å²) < 4.78 is 0. The van der Waals surface area contributed by atoms with Gasteiger partial charge in [-0.25, -0.2) is 0 Å². The van der Waals surface area contributed by atoms with Crippen LogP contribution in [0.3, 0.4) is 0 Å². The predicted molar refractivity (Wildman–Crippen MR) is 73.6 cm³/mol. The van der Waals surface area contributed by atoms with Gasteiger partial charge in [0.15, 0.2) is 0 Å². The van der Waals surface area contributed by atoms with Crippen molar-refractivity contribution in [2.24, 2.45) is 11.8 Å². The number of rotatable bonds is 8. The quantitative estimate of drug-likeness (QED) is 0.641. The standard InChI is InChI=1S/C14H32N2/c1-8-9-13(6)14(11(2)3)15-10-16(7)12(4)5/h11-15H,8-10H2,1-7H3. The molecule has 0 radical (unpaired) electrons. The molecule has 0 amide bonds. The Hall–Kier alpha value is -0.0800. The topological polar surface area (TPSA) is 15.3 Å². The van der Waals surface area contributed by atoms with Crippen LogP contribution in [0.2, 0.25) is 0 Å². The molecule has 98 valence electrons. The van der Waals surface area contributed by atoms with E-state index < -0.39 is 0 Å². The van der Waals surface area contributed by atoms with Crippen molar-refractivity contribution in [3.63, 3.8) is 0 Å². The monoisotopic (exact) mass is 228 g/mol. The first kappa shape index (κ1) is 15.9. The molecule has 0 rings (SSSR count). The van der Waals surface area contributed by atoms with Gasteiger partial charge in [0.25, 0.3) is 0 Å². The Labute approximate surface area is 103 Å². The lowest BCUT2D eigenvalue weighted by Gasteiger charge is -2.32. The van der Waals surface area contributed by atoms with Gasteiger partial charge in [0.05, 0.1) is 0 Å². The van der Waals surface area contributed by atoms with Crippen LogP contribution in [0.15, 0.2) is 0 Å². The SMILES string of the molecule is CCCC(C)C(NCN(C)C(C)C)C(C)C. The summed E-state index contributed by atoms with van der Waals surface area (Å²) in [6.45, 7) is 14.8. The Morgan fingerprint density at radius 3 is 2.00 bits per heavy atom. The highest BCUT2D eigenvalue weighted by Crippen LogP contribution is 2.17. The molecule has 0 aliphatic heterocycles. The van der Waals surface area contributed by atoms with Crippen LogP contribution >= 0.6 is 0 Å². The summed E-state index contributed by atoms with van der Waals surface area (Å²) in [5, 5.41) is 3.71. The number of nitrogens with zero attached hydrogens (tertiary/aromatic N) is 1. The summed E-state index contributed by atoms with van der Waals surface area (Å²) in [7, 11) is 2.18. The smallest absolute Gasteiger partial charge is 0.0482 e. The maximum Gasteiger partial charge on any atom is 0.0482 e. The highest BCUT2D eigenvalue weighted by atomic mass is 15.2. The van der Waals surface area contributed by atoms with Gasteiger partial charge in [0, 0.05) is 18.8 Å². The molecular weight excluding hydrogens is 196 g/mol. The molecule has 0 saturated heterocycles. The van der Waals surface area contributed by atoms with E-state index in [1.807, 2.05) is 0 Å². The summed E-state index contributed by atoms with van der Waals surface area (Å²) in [5.41, 5.74) is 0. The molecule has 0 aliphatic carbocycles. The van der Waals surface area contributed by atoms with Gasteiger partial charge in [-0.2, -0.15) is 0 Å². The molecule has 0 spiro atoms. The maximum atomic E-state index is 3.71.